The summed E-state index contributed by atoms with van der Waals surface area (Å²) in [5, 5.41) is 4.31. The number of hydrogen-bond donors (Lipinski definition) is 1. The van der Waals surface area contributed by atoms with E-state index in [-0.39, 0.29) is 41.1 Å². The number of sulfonamides is 1. The van der Waals surface area contributed by atoms with E-state index in [1.165, 1.54) is 34.9 Å². The molecule has 1 N–H and O–H groups in total. The minimum absolute atomic E-state index is 0.00730. The van der Waals surface area contributed by atoms with Gasteiger partial charge in [0.1, 0.15) is 5.75 Å². The Kier molecular flexibility index (Phi) is 9.67. The van der Waals surface area contributed by atoms with Crippen LogP contribution in [0.5, 0.6) is 5.75 Å². The Morgan fingerprint density at radius 2 is 1.53 bits per heavy atom. The van der Waals surface area contributed by atoms with E-state index in [2.05, 4.69) is 9.82 Å². The largest absolute Gasteiger partial charge is 0.494 e. The van der Waals surface area contributed by atoms with E-state index in [4.69, 9.17) is 4.74 Å². The lowest BCUT2D eigenvalue weighted by Gasteiger charge is -2.56. The van der Waals surface area contributed by atoms with Crippen molar-refractivity contribution in [1.29, 1.82) is 0 Å². The minimum Gasteiger partial charge on any atom is -0.494 e. The summed E-state index contributed by atoms with van der Waals surface area (Å²) in [5.41, 5.74) is 1.31. The van der Waals surface area contributed by atoms with Crippen molar-refractivity contribution in [3.05, 3.63) is 95.8 Å². The van der Waals surface area contributed by atoms with Crippen LogP contribution in [0.15, 0.2) is 79.1 Å². The number of nitrogens with zero attached hydrogens (tertiary/aromatic N) is 4. The molecule has 9 rings (SSSR count). The number of aromatic nitrogens is 2. The molecule has 290 valence electrons. The van der Waals surface area contributed by atoms with Gasteiger partial charge in [-0.05, 0) is 129 Å². The van der Waals surface area contributed by atoms with Crippen LogP contribution in [-0.2, 0) is 16.2 Å². The third-order valence-corrected chi connectivity index (χ3v) is 13.3. The maximum absolute atomic E-state index is 14.1. The lowest BCUT2D eigenvalue weighted by Crippen LogP contribution is -2.51. The second-order valence-electron chi connectivity index (χ2n) is 15.8. The number of ether oxygens (including phenoxy) is 1. The van der Waals surface area contributed by atoms with Crippen molar-refractivity contribution in [3.63, 3.8) is 0 Å². The van der Waals surface area contributed by atoms with Crippen molar-refractivity contribution in [2.24, 2.45) is 23.2 Å². The van der Waals surface area contributed by atoms with E-state index in [1.807, 2.05) is 36.1 Å². The predicted molar refractivity (Wildman–Crippen MR) is 202 cm³/mol. The summed E-state index contributed by atoms with van der Waals surface area (Å²) in [6, 6.07) is 17.2. The molecule has 5 fully saturated rings. The highest BCUT2D eigenvalue weighted by molar-refractivity contribution is 7.90. The Morgan fingerprint density at radius 1 is 0.855 bits per heavy atom. The van der Waals surface area contributed by atoms with E-state index in [9.17, 15) is 31.2 Å². The van der Waals surface area contributed by atoms with Gasteiger partial charge < -0.3 is 14.5 Å². The van der Waals surface area contributed by atoms with Crippen LogP contribution in [0, 0.1) is 23.2 Å². The molecule has 2 heterocycles. The highest BCUT2D eigenvalue weighted by Gasteiger charge is 2.52. The number of carbonyl (C=O) groups is 2. The van der Waals surface area contributed by atoms with Gasteiger partial charge in [-0.2, -0.15) is 18.3 Å². The topological polar surface area (TPSA) is 114 Å². The summed E-state index contributed by atoms with van der Waals surface area (Å²) < 4.78 is 77.9. The molecule has 0 radical (unpaired) electrons. The molecule has 1 aliphatic heterocycles. The summed E-state index contributed by atoms with van der Waals surface area (Å²) in [6.45, 7) is 3.70. The molecule has 4 aromatic rings. The van der Waals surface area contributed by atoms with Crippen LogP contribution < -0.4 is 14.4 Å². The lowest BCUT2D eigenvalue weighted by molar-refractivity contribution is -0.137. The number of piperazine rings is 1. The molecule has 0 atom stereocenters. The molecule has 2 amide bonds. The summed E-state index contributed by atoms with van der Waals surface area (Å²) in [5.74, 6) is 1.30. The molecule has 5 aliphatic rings. The number of halogens is 3. The molecule has 10 nitrogen and oxygen atoms in total. The number of rotatable bonds is 10. The SMILES string of the molecule is CCOc1cccc(-c2cnn(-c3cc(C(=O)N4CCN(c5ccc(C(=O)NS(=O)(=O)CC67CC8CC(CC(C8)C6)C7)cc5)CC4)cc(C(F)(F)F)c3)c2)c1. The first-order valence-corrected chi connectivity index (χ1v) is 20.6. The molecule has 0 spiro atoms. The van der Waals surface area contributed by atoms with Gasteiger partial charge in [0.15, 0.2) is 0 Å². The first kappa shape index (κ1) is 37.1. The maximum Gasteiger partial charge on any atom is 0.416 e. The Bertz CT molecular complexity index is 2160. The van der Waals surface area contributed by atoms with Crippen molar-refractivity contribution in [3.8, 4) is 22.6 Å². The van der Waals surface area contributed by atoms with Gasteiger partial charge in [0.2, 0.25) is 10.0 Å². The second kappa shape index (κ2) is 14.3. The molecule has 4 saturated carbocycles. The highest BCUT2D eigenvalue weighted by atomic mass is 32.2. The number of benzene rings is 3. The molecule has 55 heavy (non-hydrogen) atoms. The Balaban J connectivity index is 0.903. The predicted octanol–water partition coefficient (Wildman–Crippen LogP) is 7.20. The Labute approximate surface area is 318 Å². The number of amides is 2. The molecule has 4 aliphatic carbocycles. The zero-order chi connectivity index (χ0) is 38.5. The van der Waals surface area contributed by atoms with Crippen molar-refractivity contribution in [1.82, 2.24) is 19.4 Å². The number of alkyl halides is 3. The van der Waals surface area contributed by atoms with Crippen LogP contribution in [0.1, 0.15) is 71.7 Å². The van der Waals surface area contributed by atoms with Crippen LogP contribution in [0.25, 0.3) is 16.8 Å². The third-order valence-electron chi connectivity index (χ3n) is 11.8. The quantitative estimate of drug-likeness (QED) is 0.181. The number of carbonyl (C=O) groups excluding carboxylic acids is 2. The first-order valence-electron chi connectivity index (χ1n) is 18.9. The monoisotopic (exact) mass is 775 g/mol. The first-order chi connectivity index (χ1) is 26.2. The van der Waals surface area contributed by atoms with E-state index < -0.39 is 33.6 Å². The molecular weight excluding hydrogens is 732 g/mol. The van der Waals surface area contributed by atoms with Gasteiger partial charge in [-0.1, -0.05) is 12.1 Å². The van der Waals surface area contributed by atoms with Gasteiger partial charge in [0.25, 0.3) is 11.8 Å². The van der Waals surface area contributed by atoms with Gasteiger partial charge in [-0.3, -0.25) is 9.59 Å². The molecule has 14 heteroatoms. The van der Waals surface area contributed by atoms with Crippen LogP contribution in [0.4, 0.5) is 18.9 Å². The molecule has 1 saturated heterocycles. The van der Waals surface area contributed by atoms with Gasteiger partial charge in [-0.25, -0.2) is 17.8 Å². The Morgan fingerprint density at radius 3 is 2.16 bits per heavy atom. The van der Waals surface area contributed by atoms with Crippen molar-refractivity contribution >= 4 is 27.5 Å². The fraction of sp³-hybridized carbons (Fsp3) is 0.439. The van der Waals surface area contributed by atoms with Gasteiger partial charge in [0.05, 0.1) is 29.8 Å². The van der Waals surface area contributed by atoms with Crippen LogP contribution in [0.3, 0.4) is 0 Å². The zero-order valence-electron chi connectivity index (χ0n) is 30.6. The zero-order valence-corrected chi connectivity index (χ0v) is 31.4. The van der Waals surface area contributed by atoms with E-state index in [1.54, 1.807) is 36.7 Å². The number of hydrogen-bond acceptors (Lipinski definition) is 7. The third kappa shape index (κ3) is 7.96. The normalized spacial score (nSPS) is 23.5. The minimum atomic E-state index is -4.69. The average Bonchev–Trinajstić information content (AvgIpc) is 3.64. The maximum atomic E-state index is 14.1. The summed E-state index contributed by atoms with van der Waals surface area (Å²) in [6.07, 6.45) is 4.90. The van der Waals surface area contributed by atoms with Gasteiger partial charge in [0, 0.05) is 54.8 Å². The van der Waals surface area contributed by atoms with Gasteiger partial charge in [-0.15, -0.1) is 0 Å². The number of anilines is 1. The van der Waals surface area contributed by atoms with Crippen molar-refractivity contribution in [2.45, 2.75) is 51.6 Å². The van der Waals surface area contributed by atoms with Crippen LogP contribution in [-0.4, -0.2) is 73.5 Å². The molecule has 4 bridgehead atoms. The molecule has 0 unspecified atom stereocenters. The molecular formula is C41H44F3N5O5S. The summed E-state index contributed by atoms with van der Waals surface area (Å²) >= 11 is 0. The highest BCUT2D eigenvalue weighted by Crippen LogP contribution is 2.60. The second-order valence-corrected chi connectivity index (χ2v) is 17.6. The van der Waals surface area contributed by atoms with Crippen LogP contribution >= 0.6 is 0 Å². The Hall–Kier alpha value is -4.85. The molecule has 3 aromatic carbocycles. The van der Waals surface area contributed by atoms with Crippen molar-refractivity contribution < 1.29 is 35.9 Å². The van der Waals surface area contributed by atoms with Gasteiger partial charge >= 0.3 is 6.18 Å². The van der Waals surface area contributed by atoms with Crippen molar-refractivity contribution in [2.75, 3.05) is 43.4 Å². The standard InChI is InChI=1S/C41H44F3N5O5S/c1-2-54-37-5-3-4-31(19-37)33-24-45-49(25-33)36-18-32(17-34(20-36)41(42,43)44)39(51)48-12-10-47(11-13-48)35-8-6-30(7-9-35)38(50)46-55(52,53)26-40-21-27-14-28(22-40)16-29(15-27)23-40/h3-9,17-20,24-25,27-29H,2,10-16,21-23,26H2,1H3,(H,46,50). The lowest BCUT2D eigenvalue weighted by atomic mass is 9.50. The van der Waals surface area contributed by atoms with E-state index in [0.29, 0.717) is 48.8 Å². The fourth-order valence-corrected chi connectivity index (χ4v) is 11.5. The average molecular weight is 776 g/mol. The van der Waals surface area contributed by atoms with E-state index >= 15 is 0 Å². The smallest absolute Gasteiger partial charge is 0.416 e. The number of nitrogens with one attached hydrogen (secondary N) is 1. The summed E-state index contributed by atoms with van der Waals surface area (Å²) in [7, 11) is -3.82. The molecule has 1 aromatic heterocycles. The van der Waals surface area contributed by atoms with E-state index in [0.717, 1.165) is 42.6 Å². The fourth-order valence-electron chi connectivity index (χ4n) is 9.86. The van der Waals surface area contributed by atoms with Crippen LogP contribution in [0.2, 0.25) is 0 Å². The summed E-state index contributed by atoms with van der Waals surface area (Å²) in [4.78, 5) is 30.3.